The van der Waals surface area contributed by atoms with E-state index in [9.17, 15) is 24.0 Å². The summed E-state index contributed by atoms with van der Waals surface area (Å²) >= 11 is 0. The Balaban J connectivity index is 0.00000605. The fourth-order valence-corrected chi connectivity index (χ4v) is 6.57. The largest absolute Gasteiger partial charge is 0.497 e. The molecule has 5 rings (SSSR count). The summed E-state index contributed by atoms with van der Waals surface area (Å²) in [5.74, 6) is -0.821. The summed E-state index contributed by atoms with van der Waals surface area (Å²) in [5, 5.41) is 5.55. The second-order valence-electron chi connectivity index (χ2n) is 12.8. The zero-order valence-electron chi connectivity index (χ0n) is 29.7. The molecule has 13 heteroatoms. The Morgan fingerprint density at radius 1 is 0.846 bits per heavy atom. The molecule has 2 aliphatic rings. The van der Waals surface area contributed by atoms with Crippen molar-refractivity contribution in [3.63, 3.8) is 0 Å². The van der Waals surface area contributed by atoms with Crippen molar-refractivity contribution in [1.29, 1.82) is 0 Å². The second kappa shape index (κ2) is 19.3. The van der Waals surface area contributed by atoms with Gasteiger partial charge in [-0.15, -0.1) is 0 Å². The van der Waals surface area contributed by atoms with Crippen LogP contribution in [0.1, 0.15) is 48.8 Å². The lowest BCUT2D eigenvalue weighted by molar-refractivity contribution is -0.145. The van der Waals surface area contributed by atoms with Crippen molar-refractivity contribution in [3.8, 4) is 5.75 Å². The summed E-state index contributed by atoms with van der Waals surface area (Å²) in [7, 11) is 2.86. The van der Waals surface area contributed by atoms with Crippen LogP contribution in [0.2, 0.25) is 0 Å². The maximum Gasteiger partial charge on any atom is 0.407 e. The molecular formula is C39H48N4O9. The van der Waals surface area contributed by atoms with Gasteiger partial charge in [-0.05, 0) is 67.0 Å². The van der Waals surface area contributed by atoms with Gasteiger partial charge in [-0.3, -0.25) is 19.3 Å². The van der Waals surface area contributed by atoms with Gasteiger partial charge in [-0.1, -0.05) is 60.7 Å². The van der Waals surface area contributed by atoms with E-state index in [1.165, 1.54) is 7.11 Å². The maximum absolute atomic E-state index is 14.1. The van der Waals surface area contributed by atoms with Crippen LogP contribution >= 0.6 is 0 Å². The molecule has 52 heavy (non-hydrogen) atoms. The molecule has 0 bridgehead atoms. The Bertz CT molecular complexity index is 1660. The molecule has 13 nitrogen and oxygen atoms in total. The molecule has 3 aromatic carbocycles. The molecule has 0 saturated carbocycles. The molecule has 2 atom stereocenters. The van der Waals surface area contributed by atoms with E-state index in [0.29, 0.717) is 57.4 Å². The predicted molar refractivity (Wildman–Crippen MR) is 193 cm³/mol. The first-order chi connectivity index (χ1) is 24.8. The average Bonchev–Trinajstić information content (AvgIpc) is 3.56. The van der Waals surface area contributed by atoms with Crippen LogP contribution in [0.15, 0.2) is 78.9 Å². The lowest BCUT2D eigenvalue weighted by Gasteiger charge is -2.35. The average molecular weight is 717 g/mol. The van der Waals surface area contributed by atoms with E-state index in [0.717, 1.165) is 22.4 Å². The van der Waals surface area contributed by atoms with Crippen LogP contribution in [0, 0.1) is 5.92 Å². The normalized spacial score (nSPS) is 15.8. The summed E-state index contributed by atoms with van der Waals surface area (Å²) in [6.45, 7) is 1.39. The second-order valence-corrected chi connectivity index (χ2v) is 12.8. The molecule has 3 aromatic rings. The number of methoxy groups -OCH3 is 2. The van der Waals surface area contributed by atoms with Crippen LogP contribution in [0.5, 0.6) is 5.75 Å². The number of amides is 4. The monoisotopic (exact) mass is 716 g/mol. The molecule has 0 spiro atoms. The Kier molecular flexibility index (Phi) is 14.6. The number of carbonyl (C=O) groups excluding carboxylic acids is 5. The molecule has 1 fully saturated rings. The summed E-state index contributed by atoms with van der Waals surface area (Å²) in [4.78, 5) is 69.1. The van der Waals surface area contributed by atoms with Gasteiger partial charge in [0.15, 0.2) is 0 Å². The number of para-hydroxylation sites is 1. The van der Waals surface area contributed by atoms with E-state index in [2.05, 4.69) is 10.6 Å². The SMILES string of the molecule is COC(=O)[C@H](CCCCNC(=O)OCc1ccccc1)NC(=O)C1Cc2ccccc2N1C(=O)C1CCN(C(=O)Cc2ccc(OC)cc2)CC1.O. The van der Waals surface area contributed by atoms with Crippen LogP contribution in [0.3, 0.4) is 0 Å². The molecule has 1 unspecified atom stereocenters. The van der Waals surface area contributed by atoms with E-state index in [4.69, 9.17) is 14.2 Å². The van der Waals surface area contributed by atoms with Crippen molar-refractivity contribution in [1.82, 2.24) is 15.5 Å². The number of ether oxygens (including phenoxy) is 3. The number of nitrogens with one attached hydrogen (secondary N) is 2. The van der Waals surface area contributed by atoms with Crippen molar-refractivity contribution in [2.24, 2.45) is 5.92 Å². The van der Waals surface area contributed by atoms with E-state index in [1.54, 1.807) is 16.9 Å². The van der Waals surface area contributed by atoms with Gasteiger partial charge in [0.05, 0.1) is 20.6 Å². The van der Waals surface area contributed by atoms with Crippen molar-refractivity contribution in [2.45, 2.75) is 63.6 Å². The smallest absolute Gasteiger partial charge is 0.407 e. The zero-order valence-corrected chi connectivity index (χ0v) is 29.7. The number of unbranched alkanes of at least 4 members (excludes halogenated alkanes) is 1. The number of hydrogen-bond donors (Lipinski definition) is 2. The molecule has 2 heterocycles. The number of alkyl carbamates (subject to hydrolysis) is 1. The summed E-state index contributed by atoms with van der Waals surface area (Å²) in [6.07, 6.45) is 2.37. The standard InChI is InChI=1S/C39H46N4O8.H2O/c1-49-31-17-15-27(16-18-31)24-35(44)42-22-19-29(20-23-42)37(46)43-33-14-7-6-12-30(33)25-34(43)36(45)41-32(38(47)50-2)13-8-9-21-40-39(48)51-26-28-10-4-3-5-11-28;/h3-7,10-12,14-18,29,32,34H,8-9,13,19-26H2,1-2H3,(H,40,48)(H,41,45);1H2/t32-,34?;/m0./s1. The molecule has 4 amide bonds. The lowest BCUT2D eigenvalue weighted by Crippen LogP contribution is -2.54. The van der Waals surface area contributed by atoms with Gasteiger partial charge in [0.2, 0.25) is 17.7 Å². The van der Waals surface area contributed by atoms with E-state index in [1.807, 2.05) is 78.9 Å². The highest BCUT2D eigenvalue weighted by molar-refractivity contribution is 6.05. The Morgan fingerprint density at radius 3 is 2.23 bits per heavy atom. The van der Waals surface area contributed by atoms with Gasteiger partial charge in [0.1, 0.15) is 24.4 Å². The highest BCUT2D eigenvalue weighted by Crippen LogP contribution is 2.35. The Hall–Kier alpha value is -5.43. The molecule has 0 radical (unpaired) electrons. The lowest BCUT2D eigenvalue weighted by atomic mass is 9.94. The number of nitrogens with zero attached hydrogens (tertiary/aromatic N) is 2. The minimum atomic E-state index is -0.923. The van der Waals surface area contributed by atoms with Gasteiger partial charge in [0, 0.05) is 37.7 Å². The molecule has 1 saturated heterocycles. The van der Waals surface area contributed by atoms with Crippen LogP contribution < -0.4 is 20.3 Å². The number of esters is 1. The number of piperidine rings is 1. The molecule has 2 aliphatic heterocycles. The number of fused-ring (bicyclic) bond motifs is 1. The van der Waals surface area contributed by atoms with Gasteiger partial charge < -0.3 is 35.2 Å². The third kappa shape index (κ3) is 10.3. The Morgan fingerprint density at radius 2 is 1.54 bits per heavy atom. The third-order valence-corrected chi connectivity index (χ3v) is 9.43. The zero-order chi connectivity index (χ0) is 36.2. The topological polar surface area (TPSA) is 175 Å². The Labute approximate surface area is 303 Å². The number of anilines is 1. The minimum Gasteiger partial charge on any atom is -0.497 e. The van der Waals surface area contributed by atoms with Gasteiger partial charge in [0.25, 0.3) is 0 Å². The van der Waals surface area contributed by atoms with Crippen molar-refractivity contribution in [2.75, 3.05) is 38.8 Å². The van der Waals surface area contributed by atoms with Gasteiger partial charge in [-0.2, -0.15) is 0 Å². The van der Waals surface area contributed by atoms with Crippen LogP contribution in [-0.2, 0) is 48.1 Å². The van der Waals surface area contributed by atoms with E-state index < -0.39 is 30.1 Å². The fourth-order valence-electron chi connectivity index (χ4n) is 6.57. The summed E-state index contributed by atoms with van der Waals surface area (Å²) in [6, 6.07) is 22.5. The van der Waals surface area contributed by atoms with E-state index >= 15 is 0 Å². The van der Waals surface area contributed by atoms with E-state index in [-0.39, 0.29) is 42.7 Å². The minimum absolute atomic E-state index is 0. The molecule has 0 aliphatic carbocycles. The molecule has 278 valence electrons. The van der Waals surface area contributed by atoms with Crippen LogP contribution in [0.25, 0.3) is 0 Å². The van der Waals surface area contributed by atoms with Crippen molar-refractivity contribution >= 4 is 35.5 Å². The number of hydrogen-bond acceptors (Lipinski definition) is 8. The highest BCUT2D eigenvalue weighted by atomic mass is 16.5. The number of benzene rings is 3. The number of likely N-dealkylation sites (tertiary alicyclic amines) is 1. The first-order valence-electron chi connectivity index (χ1n) is 17.4. The van der Waals surface area contributed by atoms with Crippen molar-refractivity contribution in [3.05, 3.63) is 95.6 Å². The quantitative estimate of drug-likeness (QED) is 0.189. The number of carbonyl (C=O) groups is 5. The molecular weight excluding hydrogens is 668 g/mol. The predicted octanol–water partition coefficient (Wildman–Crippen LogP) is 3.36. The third-order valence-electron chi connectivity index (χ3n) is 9.43. The summed E-state index contributed by atoms with van der Waals surface area (Å²) < 4.78 is 15.4. The van der Waals surface area contributed by atoms with Crippen molar-refractivity contribution < 1.29 is 43.7 Å². The van der Waals surface area contributed by atoms with Gasteiger partial charge in [-0.25, -0.2) is 9.59 Å². The van der Waals surface area contributed by atoms with Crippen LogP contribution in [-0.4, -0.2) is 86.1 Å². The fraction of sp³-hybridized carbons (Fsp3) is 0.410. The summed E-state index contributed by atoms with van der Waals surface area (Å²) in [5.41, 5.74) is 3.33. The highest BCUT2D eigenvalue weighted by Gasteiger charge is 2.42. The molecule has 4 N–H and O–H groups in total. The van der Waals surface area contributed by atoms with Gasteiger partial charge >= 0.3 is 12.1 Å². The first kappa shape index (κ1) is 39.4. The first-order valence-corrected chi connectivity index (χ1v) is 17.4. The molecule has 0 aromatic heterocycles. The van der Waals surface area contributed by atoms with Crippen LogP contribution in [0.4, 0.5) is 10.5 Å². The number of rotatable bonds is 14. The maximum atomic E-state index is 14.1.